The van der Waals surface area contributed by atoms with Crippen LogP contribution in [0.25, 0.3) is 0 Å². The normalized spacial score (nSPS) is 19.4. The Kier molecular flexibility index (Phi) is 5.52. The summed E-state index contributed by atoms with van der Waals surface area (Å²) in [5.74, 6) is 0. The quantitative estimate of drug-likeness (QED) is 0.645. The first-order valence-corrected chi connectivity index (χ1v) is 7.43. The van der Waals surface area contributed by atoms with Crippen molar-refractivity contribution in [1.82, 2.24) is 4.90 Å². The number of non-ortho nitro benzene ring substituents is 1. The summed E-state index contributed by atoms with van der Waals surface area (Å²) >= 11 is 0. The average Bonchev–Trinajstić information content (AvgIpc) is 2.48. The van der Waals surface area contributed by atoms with Crippen molar-refractivity contribution in [3.63, 3.8) is 0 Å². The van der Waals surface area contributed by atoms with Crippen molar-refractivity contribution < 1.29 is 9.66 Å². The number of hydrogen-bond donors (Lipinski definition) is 1. The van der Waals surface area contributed by atoms with Gasteiger partial charge in [-0.15, -0.1) is 0 Å². The SMILES string of the molecule is CCOC1CCCN(Cc2cc([N+](=O)[O-])ccc2NC)C1. The standard InChI is InChI=1S/C15H23N3O3/c1-3-21-14-5-4-8-17(11-14)10-12-9-13(18(19)20)6-7-15(12)16-2/h6-7,9,14,16H,3-5,8,10-11H2,1-2H3. The lowest BCUT2D eigenvalue weighted by atomic mass is 10.1. The van der Waals surface area contributed by atoms with Crippen molar-refractivity contribution in [2.24, 2.45) is 0 Å². The van der Waals surface area contributed by atoms with Gasteiger partial charge in [-0.1, -0.05) is 0 Å². The maximum atomic E-state index is 10.9. The number of nitrogens with zero attached hydrogens (tertiary/aromatic N) is 2. The topological polar surface area (TPSA) is 67.6 Å². The molecular formula is C15H23N3O3. The van der Waals surface area contributed by atoms with Crippen molar-refractivity contribution in [1.29, 1.82) is 0 Å². The van der Waals surface area contributed by atoms with E-state index in [0.717, 1.165) is 43.8 Å². The van der Waals surface area contributed by atoms with Gasteiger partial charge in [-0.05, 0) is 37.9 Å². The van der Waals surface area contributed by atoms with E-state index in [2.05, 4.69) is 10.2 Å². The van der Waals surface area contributed by atoms with E-state index in [9.17, 15) is 10.1 Å². The molecule has 1 heterocycles. The van der Waals surface area contributed by atoms with Gasteiger partial charge in [0.25, 0.3) is 5.69 Å². The Hall–Kier alpha value is -1.66. The third-order valence-corrected chi connectivity index (χ3v) is 3.83. The number of likely N-dealkylation sites (tertiary alicyclic amines) is 1. The zero-order valence-corrected chi connectivity index (χ0v) is 12.7. The van der Waals surface area contributed by atoms with Crippen LogP contribution in [0.1, 0.15) is 25.3 Å². The molecule has 1 aliphatic rings. The molecule has 116 valence electrons. The summed E-state index contributed by atoms with van der Waals surface area (Å²) in [5, 5.41) is 14.0. The molecule has 21 heavy (non-hydrogen) atoms. The monoisotopic (exact) mass is 293 g/mol. The minimum Gasteiger partial charge on any atom is -0.388 e. The summed E-state index contributed by atoms with van der Waals surface area (Å²) in [6, 6.07) is 4.97. The van der Waals surface area contributed by atoms with Crippen molar-refractivity contribution in [3.8, 4) is 0 Å². The fraction of sp³-hybridized carbons (Fsp3) is 0.600. The van der Waals surface area contributed by atoms with E-state index in [1.807, 2.05) is 14.0 Å². The van der Waals surface area contributed by atoms with Crippen LogP contribution in [0, 0.1) is 10.1 Å². The molecule has 0 bridgehead atoms. The third kappa shape index (κ3) is 4.15. The van der Waals surface area contributed by atoms with Gasteiger partial charge in [0, 0.05) is 44.6 Å². The Bertz CT molecular complexity index is 491. The van der Waals surface area contributed by atoms with Crippen molar-refractivity contribution in [2.75, 3.05) is 32.1 Å². The van der Waals surface area contributed by atoms with E-state index in [-0.39, 0.29) is 16.7 Å². The number of nitrogens with one attached hydrogen (secondary N) is 1. The number of nitro benzene ring substituents is 1. The lowest BCUT2D eigenvalue weighted by Gasteiger charge is -2.32. The summed E-state index contributed by atoms with van der Waals surface area (Å²) in [5.41, 5.74) is 2.05. The van der Waals surface area contributed by atoms with E-state index in [1.165, 1.54) is 6.07 Å². The fourth-order valence-electron chi connectivity index (χ4n) is 2.84. The van der Waals surface area contributed by atoms with Crippen molar-refractivity contribution >= 4 is 11.4 Å². The molecule has 6 nitrogen and oxygen atoms in total. The number of ether oxygens (including phenoxy) is 1. The maximum absolute atomic E-state index is 10.9. The molecule has 0 radical (unpaired) electrons. The number of rotatable bonds is 6. The van der Waals surface area contributed by atoms with Crippen LogP contribution in [0.3, 0.4) is 0 Å². The average molecular weight is 293 g/mol. The minimum absolute atomic E-state index is 0.141. The van der Waals surface area contributed by atoms with E-state index in [4.69, 9.17) is 4.74 Å². The highest BCUT2D eigenvalue weighted by molar-refractivity contribution is 5.55. The lowest BCUT2D eigenvalue weighted by Crippen LogP contribution is -2.39. The molecule has 1 N–H and O–H groups in total. The predicted molar refractivity (Wildman–Crippen MR) is 82.6 cm³/mol. The van der Waals surface area contributed by atoms with Gasteiger partial charge in [-0.2, -0.15) is 0 Å². The first kappa shape index (κ1) is 15.7. The molecule has 1 saturated heterocycles. The Morgan fingerprint density at radius 2 is 2.33 bits per heavy atom. The van der Waals surface area contributed by atoms with Gasteiger partial charge in [0.1, 0.15) is 0 Å². The van der Waals surface area contributed by atoms with Gasteiger partial charge in [0.05, 0.1) is 11.0 Å². The van der Waals surface area contributed by atoms with Gasteiger partial charge >= 0.3 is 0 Å². The molecule has 1 atom stereocenters. The Labute approximate surface area is 125 Å². The van der Waals surface area contributed by atoms with Crippen molar-refractivity contribution in [3.05, 3.63) is 33.9 Å². The highest BCUT2D eigenvalue weighted by Gasteiger charge is 2.21. The molecule has 0 spiro atoms. The molecular weight excluding hydrogens is 270 g/mol. The Balaban J connectivity index is 2.10. The number of hydrogen-bond acceptors (Lipinski definition) is 5. The fourth-order valence-corrected chi connectivity index (χ4v) is 2.84. The van der Waals surface area contributed by atoms with Gasteiger partial charge < -0.3 is 10.1 Å². The molecule has 2 rings (SSSR count). The minimum atomic E-state index is -0.345. The van der Waals surface area contributed by atoms with Crippen LogP contribution in [0.4, 0.5) is 11.4 Å². The predicted octanol–water partition coefficient (Wildman–Crippen LogP) is 2.64. The molecule has 1 aromatic carbocycles. The zero-order chi connectivity index (χ0) is 15.2. The molecule has 0 aromatic heterocycles. The van der Waals surface area contributed by atoms with Gasteiger partial charge in [-0.25, -0.2) is 0 Å². The number of anilines is 1. The molecule has 0 amide bonds. The summed E-state index contributed by atoms with van der Waals surface area (Å²) in [6.45, 7) is 5.35. The van der Waals surface area contributed by atoms with E-state index in [0.29, 0.717) is 6.54 Å². The van der Waals surface area contributed by atoms with Crippen molar-refractivity contribution in [2.45, 2.75) is 32.4 Å². The van der Waals surface area contributed by atoms with Gasteiger partial charge in [-0.3, -0.25) is 15.0 Å². The molecule has 1 unspecified atom stereocenters. The van der Waals surface area contributed by atoms with Crippen LogP contribution in [0.5, 0.6) is 0 Å². The number of piperidine rings is 1. The summed E-state index contributed by atoms with van der Waals surface area (Å²) in [6.07, 6.45) is 2.48. The number of benzene rings is 1. The summed E-state index contributed by atoms with van der Waals surface area (Å²) in [4.78, 5) is 12.9. The molecule has 1 aromatic rings. The second kappa shape index (κ2) is 7.38. The van der Waals surface area contributed by atoms with Crippen LogP contribution >= 0.6 is 0 Å². The van der Waals surface area contributed by atoms with E-state index in [1.54, 1.807) is 12.1 Å². The highest BCUT2D eigenvalue weighted by Crippen LogP contribution is 2.25. The van der Waals surface area contributed by atoms with E-state index < -0.39 is 0 Å². The van der Waals surface area contributed by atoms with Crippen LogP contribution in [-0.4, -0.2) is 42.7 Å². The van der Waals surface area contributed by atoms with Gasteiger partial charge in [0.15, 0.2) is 0 Å². The summed E-state index contributed by atoms with van der Waals surface area (Å²) < 4.78 is 5.70. The highest BCUT2D eigenvalue weighted by atomic mass is 16.6. The van der Waals surface area contributed by atoms with Crippen LogP contribution in [-0.2, 0) is 11.3 Å². The molecule has 1 aliphatic heterocycles. The van der Waals surface area contributed by atoms with Crippen LogP contribution in [0.15, 0.2) is 18.2 Å². The molecule has 0 saturated carbocycles. The first-order chi connectivity index (χ1) is 10.1. The van der Waals surface area contributed by atoms with E-state index >= 15 is 0 Å². The third-order valence-electron chi connectivity index (χ3n) is 3.83. The van der Waals surface area contributed by atoms with Gasteiger partial charge in [0.2, 0.25) is 0 Å². The smallest absolute Gasteiger partial charge is 0.269 e. The Morgan fingerprint density at radius 1 is 1.52 bits per heavy atom. The maximum Gasteiger partial charge on any atom is 0.269 e. The lowest BCUT2D eigenvalue weighted by molar-refractivity contribution is -0.384. The second-order valence-electron chi connectivity index (χ2n) is 5.30. The second-order valence-corrected chi connectivity index (χ2v) is 5.30. The van der Waals surface area contributed by atoms with Crippen LogP contribution in [0.2, 0.25) is 0 Å². The first-order valence-electron chi connectivity index (χ1n) is 7.43. The summed E-state index contributed by atoms with van der Waals surface area (Å²) in [7, 11) is 1.84. The zero-order valence-electron chi connectivity index (χ0n) is 12.7. The largest absolute Gasteiger partial charge is 0.388 e. The number of nitro groups is 1. The van der Waals surface area contributed by atoms with Crippen LogP contribution < -0.4 is 5.32 Å². The molecule has 0 aliphatic carbocycles. The Morgan fingerprint density at radius 3 is 3.00 bits per heavy atom. The molecule has 6 heteroatoms. The molecule has 1 fully saturated rings.